The maximum Gasteiger partial charge on any atom is 0.220 e. The van der Waals surface area contributed by atoms with Gasteiger partial charge in [0.1, 0.15) is 7.05 Å². The Morgan fingerprint density at radius 3 is 2.65 bits per heavy atom. The fraction of sp³-hybridized carbons (Fsp3) is 0.190. The summed E-state index contributed by atoms with van der Waals surface area (Å²) >= 11 is 1.78. The van der Waals surface area contributed by atoms with E-state index in [0.717, 1.165) is 16.5 Å². The number of aromatic nitrogens is 1. The summed E-state index contributed by atoms with van der Waals surface area (Å²) in [5.74, 6) is 0. The van der Waals surface area contributed by atoms with Gasteiger partial charge in [0.2, 0.25) is 5.69 Å². The lowest BCUT2D eigenvalue weighted by molar-refractivity contribution is -0.665. The van der Waals surface area contributed by atoms with Crippen molar-refractivity contribution in [2.24, 2.45) is 7.05 Å². The molecule has 0 saturated carbocycles. The molecule has 0 aliphatic carbocycles. The second kappa shape index (κ2) is 5.17. The molecule has 114 valence electrons. The highest BCUT2D eigenvalue weighted by molar-refractivity contribution is 7.17. The zero-order valence-electron chi connectivity index (χ0n) is 14.9. The third kappa shape index (κ3) is 2.25. The van der Waals surface area contributed by atoms with E-state index in [0.29, 0.717) is 6.04 Å². The minimum atomic E-state index is 0.620. The third-order valence-corrected chi connectivity index (χ3v) is 5.52. The van der Waals surface area contributed by atoms with Crippen molar-refractivity contribution in [1.29, 1.82) is 0 Å². The lowest BCUT2D eigenvalue weighted by Crippen LogP contribution is -2.35. The van der Waals surface area contributed by atoms with Gasteiger partial charge in [-0.15, -0.1) is 11.3 Å². The molecule has 0 bridgehead atoms. The van der Waals surface area contributed by atoms with E-state index in [9.17, 15) is 0 Å². The van der Waals surface area contributed by atoms with Gasteiger partial charge in [-0.1, -0.05) is 17.7 Å². The van der Waals surface area contributed by atoms with Crippen molar-refractivity contribution in [2.75, 3.05) is 0 Å². The van der Waals surface area contributed by atoms with Crippen LogP contribution in [-0.4, -0.2) is 0 Å². The fourth-order valence-electron chi connectivity index (χ4n) is 3.30. The van der Waals surface area contributed by atoms with E-state index >= 15 is 0 Å². The first kappa shape index (κ1) is 13.3. The van der Waals surface area contributed by atoms with Gasteiger partial charge in [0.05, 0.1) is 12.3 Å². The largest absolute Gasteiger partial charge is 0.220 e. The van der Waals surface area contributed by atoms with Gasteiger partial charge in [-0.25, -0.2) is 0 Å². The van der Waals surface area contributed by atoms with E-state index in [4.69, 9.17) is 1.37 Å². The molecule has 0 saturated heterocycles. The van der Waals surface area contributed by atoms with Crippen LogP contribution in [0.1, 0.15) is 18.2 Å². The van der Waals surface area contributed by atoms with E-state index in [1.54, 1.807) is 11.3 Å². The Labute approximate surface area is 142 Å². The summed E-state index contributed by atoms with van der Waals surface area (Å²) in [6.45, 7) is 6.30. The highest BCUT2D eigenvalue weighted by atomic mass is 32.1. The molecule has 4 aromatic rings. The average molecular weight is 319 g/mol. The molecule has 23 heavy (non-hydrogen) atoms. The van der Waals surface area contributed by atoms with Crippen LogP contribution in [0, 0.1) is 20.8 Å². The lowest BCUT2D eigenvalue weighted by atomic mass is 9.97. The van der Waals surface area contributed by atoms with Gasteiger partial charge in [0.15, 0.2) is 5.69 Å². The summed E-state index contributed by atoms with van der Waals surface area (Å²) in [6, 6.07) is 13.8. The van der Waals surface area contributed by atoms with Gasteiger partial charge in [0, 0.05) is 17.7 Å². The minimum absolute atomic E-state index is 0.620. The minimum Gasteiger partial charge on any atom is -0.198 e. The average Bonchev–Trinajstić information content (AvgIpc) is 3.00. The fourth-order valence-corrected chi connectivity index (χ4v) is 4.11. The Morgan fingerprint density at radius 2 is 1.83 bits per heavy atom. The molecule has 0 aliphatic rings. The standard InChI is InChI=1S/C21H20NS/c1-13-5-6-18-17(9-13)11-15(3)22(4)21(18)19-12-20-16(7-8-23-20)10-14(19)2/h5-12H,1-4H3/q+1/i11D. The number of rotatable bonds is 1. The summed E-state index contributed by atoms with van der Waals surface area (Å²) in [7, 11) is 2.07. The van der Waals surface area contributed by atoms with Gasteiger partial charge < -0.3 is 0 Å². The summed E-state index contributed by atoms with van der Waals surface area (Å²) in [5.41, 5.74) is 5.92. The zero-order valence-corrected chi connectivity index (χ0v) is 14.7. The van der Waals surface area contributed by atoms with Crippen LogP contribution in [0.15, 0.2) is 47.8 Å². The van der Waals surface area contributed by atoms with E-state index in [2.05, 4.69) is 67.2 Å². The van der Waals surface area contributed by atoms with Crippen LogP contribution in [0.25, 0.3) is 32.1 Å². The maximum atomic E-state index is 8.53. The molecule has 0 radical (unpaired) electrons. The van der Waals surface area contributed by atoms with Gasteiger partial charge in [-0.3, -0.25) is 0 Å². The molecule has 2 aromatic heterocycles. The summed E-state index contributed by atoms with van der Waals surface area (Å²) in [5, 5.41) is 5.63. The summed E-state index contributed by atoms with van der Waals surface area (Å²) in [6.07, 6.45) is 0. The van der Waals surface area contributed by atoms with Crippen LogP contribution in [0.4, 0.5) is 0 Å². The van der Waals surface area contributed by atoms with Crippen molar-refractivity contribution in [3.05, 3.63) is 64.6 Å². The quantitative estimate of drug-likeness (QED) is 0.410. The van der Waals surface area contributed by atoms with E-state index < -0.39 is 0 Å². The van der Waals surface area contributed by atoms with E-state index in [1.807, 2.05) is 6.92 Å². The molecule has 0 spiro atoms. The number of hydrogen-bond donors (Lipinski definition) is 0. The van der Waals surface area contributed by atoms with Crippen LogP contribution >= 0.6 is 11.3 Å². The number of aryl methyl sites for hydroxylation is 2. The Hall–Kier alpha value is -2.19. The first-order valence-electron chi connectivity index (χ1n) is 8.35. The second-order valence-corrected chi connectivity index (χ2v) is 7.24. The highest BCUT2D eigenvalue weighted by Crippen LogP contribution is 2.33. The SMILES string of the molecule is [2H]c1c(C)[n+](C)c(-c2cc3sccc3cc2C)c2ccc(C)cc12. The van der Waals surface area contributed by atoms with Crippen LogP contribution < -0.4 is 4.57 Å². The summed E-state index contributed by atoms with van der Waals surface area (Å²) < 4.78 is 12.0. The van der Waals surface area contributed by atoms with Crippen molar-refractivity contribution in [2.45, 2.75) is 20.8 Å². The number of hydrogen-bond acceptors (Lipinski definition) is 1. The first-order chi connectivity index (χ1) is 11.5. The van der Waals surface area contributed by atoms with Gasteiger partial charge in [-0.05, 0) is 59.8 Å². The van der Waals surface area contributed by atoms with Crippen LogP contribution in [-0.2, 0) is 7.05 Å². The summed E-state index contributed by atoms with van der Waals surface area (Å²) in [4.78, 5) is 0. The van der Waals surface area contributed by atoms with Crippen LogP contribution in [0.2, 0.25) is 0 Å². The molecule has 0 atom stereocenters. The smallest absolute Gasteiger partial charge is 0.198 e. The van der Waals surface area contributed by atoms with Gasteiger partial charge in [0.25, 0.3) is 0 Å². The number of pyridine rings is 1. The van der Waals surface area contributed by atoms with E-state index in [-0.39, 0.29) is 0 Å². The van der Waals surface area contributed by atoms with Crippen molar-refractivity contribution in [1.82, 2.24) is 0 Å². The third-order valence-electron chi connectivity index (χ3n) is 4.64. The second-order valence-electron chi connectivity index (χ2n) is 6.29. The van der Waals surface area contributed by atoms with Gasteiger partial charge in [-0.2, -0.15) is 4.57 Å². The molecule has 0 amide bonds. The van der Waals surface area contributed by atoms with Crippen LogP contribution in [0.5, 0.6) is 0 Å². The van der Waals surface area contributed by atoms with Gasteiger partial charge >= 0.3 is 0 Å². The zero-order chi connectivity index (χ0) is 17.0. The number of benzene rings is 2. The maximum absolute atomic E-state index is 8.53. The molecular formula is C21H20NS+. The Bertz CT molecular complexity index is 1110. The molecule has 0 unspecified atom stereocenters. The molecule has 0 aliphatic heterocycles. The molecule has 2 aromatic carbocycles. The Morgan fingerprint density at radius 1 is 1.00 bits per heavy atom. The monoisotopic (exact) mass is 319 g/mol. The molecule has 2 heterocycles. The molecule has 1 nitrogen and oxygen atoms in total. The molecule has 0 N–H and O–H groups in total. The van der Waals surface area contributed by atoms with Crippen molar-refractivity contribution >= 4 is 32.2 Å². The number of fused-ring (bicyclic) bond motifs is 2. The normalized spacial score (nSPS) is 12.1. The predicted molar refractivity (Wildman–Crippen MR) is 100 cm³/mol. The topological polar surface area (TPSA) is 3.88 Å². The number of nitrogens with zero attached hydrogens (tertiary/aromatic N) is 1. The lowest BCUT2D eigenvalue weighted by Gasteiger charge is -2.11. The highest BCUT2D eigenvalue weighted by Gasteiger charge is 2.20. The van der Waals surface area contributed by atoms with Crippen molar-refractivity contribution < 1.29 is 5.94 Å². The molecule has 0 fully saturated rings. The van der Waals surface area contributed by atoms with E-state index in [1.165, 1.54) is 32.5 Å². The Kier molecular flexibility index (Phi) is 2.98. The van der Waals surface area contributed by atoms with Crippen molar-refractivity contribution in [3.8, 4) is 11.3 Å². The number of thiophene rings is 1. The Balaban J connectivity index is 2.17. The predicted octanol–water partition coefficient (Wildman–Crippen LogP) is 5.47. The van der Waals surface area contributed by atoms with Crippen LogP contribution in [0.3, 0.4) is 0 Å². The molecular weight excluding hydrogens is 298 g/mol. The van der Waals surface area contributed by atoms with Crippen molar-refractivity contribution in [3.63, 3.8) is 0 Å². The first-order valence-corrected chi connectivity index (χ1v) is 8.73. The molecule has 2 heteroatoms. The molecule has 4 rings (SSSR count).